The van der Waals surface area contributed by atoms with Crippen molar-refractivity contribution in [3.63, 3.8) is 0 Å². The number of hydrogen-bond acceptors (Lipinski definition) is 12. The zero-order valence-electron chi connectivity index (χ0n) is 68.3. The molecular weight excluding hydrogens is 1640 g/mol. The molecule has 8 nitrogen and oxygen atoms in total. The molecule has 28 aromatic rings. The second kappa shape index (κ2) is 31.2. The molecule has 0 radical (unpaired) electrons. The van der Waals surface area contributed by atoms with Crippen molar-refractivity contribution in [2.75, 3.05) is 0 Å². The highest BCUT2D eigenvalue weighted by atomic mass is 32.1. The van der Waals surface area contributed by atoms with E-state index in [-0.39, 0.29) is 0 Å². The number of hydrogen-bond donors (Lipinski definition) is 0. The quantitative estimate of drug-likeness (QED) is 0.148. The molecule has 600 valence electrons. The average molecular weight is 1710 g/mol. The molecule has 0 aliphatic rings. The Morgan fingerprint density at radius 3 is 0.656 bits per heavy atom. The summed E-state index contributed by atoms with van der Waals surface area (Å²) in [5.41, 5.74) is 24.6. The van der Waals surface area contributed by atoms with Crippen LogP contribution in [0.2, 0.25) is 0 Å². The third-order valence-corrected chi connectivity index (χ3v) is 29.5. The van der Waals surface area contributed by atoms with E-state index < -0.39 is 0 Å². The van der Waals surface area contributed by atoms with E-state index in [1.165, 1.54) is 114 Å². The minimum Gasteiger partial charge on any atom is -0.455 e. The highest BCUT2D eigenvalue weighted by Crippen LogP contribution is 2.48. The zero-order valence-corrected chi connectivity index (χ0v) is 71.6. The Kier molecular flexibility index (Phi) is 18.2. The molecular formula is C116H68N4O4S4. The Hall–Kier alpha value is -15.8. The van der Waals surface area contributed by atoms with Crippen LogP contribution < -0.4 is 0 Å². The Morgan fingerprint density at radius 1 is 0.156 bits per heavy atom. The molecule has 12 heterocycles. The third-order valence-electron chi connectivity index (χ3n) is 24.6. The first-order valence-electron chi connectivity index (χ1n) is 42.6. The van der Waals surface area contributed by atoms with Gasteiger partial charge < -0.3 is 17.7 Å². The van der Waals surface area contributed by atoms with Crippen LogP contribution in [0.4, 0.5) is 0 Å². The lowest BCUT2D eigenvalue weighted by atomic mass is 10.00. The first-order valence-corrected chi connectivity index (χ1v) is 45.8. The van der Waals surface area contributed by atoms with Gasteiger partial charge in [-0.25, -0.2) is 0 Å². The number of pyridine rings is 4. The fourth-order valence-corrected chi connectivity index (χ4v) is 23.6. The second-order valence-corrected chi connectivity index (χ2v) is 36.2. The van der Waals surface area contributed by atoms with Crippen LogP contribution in [-0.4, -0.2) is 19.9 Å². The van der Waals surface area contributed by atoms with Gasteiger partial charge in [-0.2, -0.15) is 0 Å². The van der Waals surface area contributed by atoms with Gasteiger partial charge in [0.05, 0.1) is 22.8 Å². The Morgan fingerprint density at radius 2 is 0.359 bits per heavy atom. The van der Waals surface area contributed by atoms with Gasteiger partial charge in [0, 0.05) is 182 Å². The molecule has 16 aromatic carbocycles. The van der Waals surface area contributed by atoms with Crippen molar-refractivity contribution in [3.05, 3.63) is 413 Å². The highest BCUT2D eigenvalue weighted by molar-refractivity contribution is 7.27. The van der Waals surface area contributed by atoms with Gasteiger partial charge in [0.25, 0.3) is 0 Å². The molecule has 0 unspecified atom stereocenters. The lowest BCUT2D eigenvalue weighted by molar-refractivity contribution is 0.669. The normalized spacial score (nSPS) is 11.8. The van der Waals surface area contributed by atoms with Crippen LogP contribution in [0.3, 0.4) is 0 Å². The van der Waals surface area contributed by atoms with E-state index in [0.29, 0.717) is 0 Å². The fraction of sp³-hybridized carbons (Fsp3) is 0. The summed E-state index contributed by atoms with van der Waals surface area (Å²) in [7, 11) is 0. The molecule has 0 bridgehead atoms. The first kappa shape index (κ1) is 74.8. The predicted molar refractivity (Wildman–Crippen MR) is 541 cm³/mol. The molecule has 0 spiro atoms. The van der Waals surface area contributed by atoms with Crippen molar-refractivity contribution in [2.24, 2.45) is 0 Å². The molecule has 0 fully saturated rings. The number of nitrogens with zero attached hydrogens (tertiary/aromatic N) is 4. The standard InChI is InChI=1S/C29H17NO2.2C29H17NOS.C29H17NS2/c1-3-13-26-20(7-1)22-10-5-9-19(28(22)31-26)18-15-16-30-25(17-18)24-12-6-11-23-21-8-2-4-14-27(21)32-29(23)24;1-3-13-26-20(7-1)22-10-6-12-24(28(22)31-26)25-17-18(15-16-30-25)19-9-5-11-23-21-8-2-4-14-27(21)32-29(19)23;2*1-3-13-26-20(7-1)22-10-5-9-19(28(22)31-26)18-15-16-30-25(17-18)24-12-6-11-23-21-8-2-4-14-27(21)32-29(23)24/h4*1-17H. The van der Waals surface area contributed by atoms with E-state index in [1.807, 2.05) is 137 Å². The van der Waals surface area contributed by atoms with Crippen LogP contribution in [0.15, 0.2) is 431 Å². The average Bonchev–Trinajstić information content (AvgIpc) is 1.65. The van der Waals surface area contributed by atoms with Crippen LogP contribution in [0.25, 0.3) is 258 Å². The smallest absolute Gasteiger partial charge is 0.144 e. The summed E-state index contributed by atoms with van der Waals surface area (Å²) in [5.74, 6) is 0. The first-order chi connectivity index (χ1) is 63.5. The summed E-state index contributed by atoms with van der Waals surface area (Å²) < 4.78 is 35.5. The van der Waals surface area contributed by atoms with E-state index in [2.05, 4.69) is 327 Å². The summed E-state index contributed by atoms with van der Waals surface area (Å²) in [6, 6.07) is 136. The van der Waals surface area contributed by atoms with E-state index in [9.17, 15) is 0 Å². The van der Waals surface area contributed by atoms with Crippen molar-refractivity contribution in [3.8, 4) is 89.5 Å². The number of thiophene rings is 4. The fourth-order valence-electron chi connectivity index (χ4n) is 18.7. The molecule has 0 saturated carbocycles. The SMILES string of the molecule is c1ccc2c(c1)oc1c(-c3cc(-c4cccc5c4sc4ccccc45)ccn3)cccc12.c1ccc2c(c1)oc1c(-c3ccnc(-c4cccc5c4oc4ccccc45)c3)cccc12.c1ccc2c(c1)oc1c(-c3ccnc(-c4cccc5c4sc4ccccc45)c3)cccc12.c1ccc2c(c1)sc1c(-c3ccnc(-c4cccc5c4sc4ccccc45)c3)cccc12. The topological polar surface area (TPSA) is 104 Å². The predicted octanol–water partition coefficient (Wildman–Crippen LogP) is 34.7. The minimum atomic E-state index is 0.861. The van der Waals surface area contributed by atoms with Crippen LogP contribution in [0, 0.1) is 0 Å². The van der Waals surface area contributed by atoms with Gasteiger partial charge in [0.1, 0.15) is 44.7 Å². The van der Waals surface area contributed by atoms with Gasteiger partial charge in [-0.1, -0.05) is 279 Å². The molecule has 28 rings (SSSR count). The maximum absolute atomic E-state index is 6.28. The maximum Gasteiger partial charge on any atom is 0.144 e. The molecule has 0 N–H and O–H groups in total. The molecule has 0 amide bonds. The molecule has 12 aromatic heterocycles. The minimum absolute atomic E-state index is 0.861. The van der Waals surface area contributed by atoms with E-state index in [1.54, 1.807) is 0 Å². The van der Waals surface area contributed by atoms with E-state index in [0.717, 1.165) is 144 Å². The van der Waals surface area contributed by atoms with Crippen molar-refractivity contribution < 1.29 is 17.7 Å². The third kappa shape index (κ3) is 12.8. The maximum atomic E-state index is 6.28. The van der Waals surface area contributed by atoms with Crippen molar-refractivity contribution in [1.82, 2.24) is 19.9 Å². The van der Waals surface area contributed by atoms with E-state index in [4.69, 9.17) is 32.6 Å². The number of fused-ring (bicyclic) bond motifs is 24. The summed E-state index contributed by atoms with van der Waals surface area (Å²) in [4.78, 5) is 19.0. The molecule has 0 saturated heterocycles. The van der Waals surface area contributed by atoms with Gasteiger partial charge in [-0.15, -0.1) is 45.3 Å². The number of furan rings is 4. The molecule has 12 heteroatoms. The summed E-state index contributed by atoms with van der Waals surface area (Å²) in [6.45, 7) is 0. The van der Waals surface area contributed by atoms with Crippen molar-refractivity contribution in [1.29, 1.82) is 0 Å². The number of rotatable bonds is 8. The number of benzene rings is 16. The van der Waals surface area contributed by atoms with Gasteiger partial charge in [0.2, 0.25) is 0 Å². The van der Waals surface area contributed by atoms with Gasteiger partial charge in [0.15, 0.2) is 0 Å². The van der Waals surface area contributed by atoms with Crippen molar-refractivity contribution >= 4 is 214 Å². The van der Waals surface area contributed by atoms with Gasteiger partial charge >= 0.3 is 0 Å². The van der Waals surface area contributed by atoms with Crippen LogP contribution in [-0.2, 0) is 0 Å². The lowest BCUT2D eigenvalue weighted by Crippen LogP contribution is -1.86. The largest absolute Gasteiger partial charge is 0.455 e. The van der Waals surface area contributed by atoms with Crippen molar-refractivity contribution in [2.45, 2.75) is 0 Å². The molecule has 0 atom stereocenters. The monoisotopic (exact) mass is 1710 g/mol. The number of aromatic nitrogens is 4. The lowest BCUT2D eigenvalue weighted by Gasteiger charge is -2.07. The Bertz CT molecular complexity index is 7710. The molecule has 0 aliphatic heterocycles. The summed E-state index contributed by atoms with van der Waals surface area (Å²) >= 11 is 7.41. The van der Waals surface area contributed by atoms with Gasteiger partial charge in [-0.05, 0) is 143 Å². The highest BCUT2D eigenvalue weighted by Gasteiger charge is 2.23. The van der Waals surface area contributed by atoms with Gasteiger partial charge in [-0.3, -0.25) is 19.9 Å². The van der Waals surface area contributed by atoms with Crippen LogP contribution in [0.5, 0.6) is 0 Å². The van der Waals surface area contributed by atoms with Crippen LogP contribution in [0.1, 0.15) is 0 Å². The number of para-hydroxylation sites is 8. The summed E-state index contributed by atoms with van der Waals surface area (Å²) in [6.07, 6.45) is 7.60. The van der Waals surface area contributed by atoms with Crippen LogP contribution >= 0.6 is 45.3 Å². The second-order valence-electron chi connectivity index (χ2n) is 32.0. The molecule has 128 heavy (non-hydrogen) atoms. The zero-order chi connectivity index (χ0) is 84.3. The summed E-state index contributed by atoms with van der Waals surface area (Å²) in [5, 5.41) is 19.5. The molecule has 0 aliphatic carbocycles. The Balaban J connectivity index is 0.0000000926. The van der Waals surface area contributed by atoms with E-state index >= 15 is 0 Å². The Labute approximate surface area is 748 Å².